The second-order valence-corrected chi connectivity index (χ2v) is 4.67. The lowest BCUT2D eigenvalue weighted by atomic mass is 9.96. The van der Waals surface area contributed by atoms with Crippen molar-refractivity contribution in [1.82, 2.24) is 0 Å². The van der Waals surface area contributed by atoms with Gasteiger partial charge in [0.15, 0.2) is 0 Å². The Morgan fingerprint density at radius 2 is 1.75 bits per heavy atom. The SMILES string of the molecule is C=CCC(CC=C)C(C)OS(=O)(=O)OCC. The maximum Gasteiger partial charge on any atom is 0.400 e. The third-order valence-electron chi connectivity index (χ3n) is 2.13. The first-order valence-electron chi connectivity index (χ1n) is 5.26. The summed E-state index contributed by atoms with van der Waals surface area (Å²) >= 11 is 0. The van der Waals surface area contributed by atoms with Crippen LogP contribution in [0.3, 0.4) is 0 Å². The fraction of sp³-hybridized carbons (Fsp3) is 0.636. The first kappa shape index (κ1) is 15.3. The van der Waals surface area contributed by atoms with E-state index in [1.807, 2.05) is 0 Å². The zero-order valence-corrected chi connectivity index (χ0v) is 10.7. The average molecular weight is 248 g/mol. The molecule has 0 saturated carbocycles. The first-order valence-corrected chi connectivity index (χ1v) is 6.59. The van der Waals surface area contributed by atoms with E-state index in [-0.39, 0.29) is 12.5 Å². The molecule has 0 aromatic carbocycles. The van der Waals surface area contributed by atoms with Gasteiger partial charge in [0.05, 0.1) is 12.7 Å². The summed E-state index contributed by atoms with van der Waals surface area (Å²) in [6.45, 7) is 10.6. The van der Waals surface area contributed by atoms with E-state index in [0.29, 0.717) is 12.8 Å². The monoisotopic (exact) mass is 248 g/mol. The highest BCUT2D eigenvalue weighted by Crippen LogP contribution is 2.19. The standard InChI is InChI=1S/C11H20O4S/c1-5-8-11(9-6-2)10(4)15-16(12,13)14-7-3/h5-6,10-11H,1-2,7-9H2,3-4H3. The minimum Gasteiger partial charge on any atom is -0.248 e. The molecule has 0 aliphatic rings. The van der Waals surface area contributed by atoms with Crippen LogP contribution in [0.25, 0.3) is 0 Å². The molecule has 0 heterocycles. The van der Waals surface area contributed by atoms with Gasteiger partial charge in [-0.05, 0) is 32.6 Å². The molecule has 0 saturated heterocycles. The smallest absolute Gasteiger partial charge is 0.248 e. The topological polar surface area (TPSA) is 52.6 Å². The van der Waals surface area contributed by atoms with Crippen LogP contribution in [-0.4, -0.2) is 21.1 Å². The first-order chi connectivity index (χ1) is 7.46. The molecular weight excluding hydrogens is 228 g/mol. The summed E-state index contributed by atoms with van der Waals surface area (Å²) in [5.41, 5.74) is 0. The summed E-state index contributed by atoms with van der Waals surface area (Å²) in [7, 11) is -3.88. The fourth-order valence-electron chi connectivity index (χ4n) is 1.34. The molecule has 0 aromatic rings. The van der Waals surface area contributed by atoms with Crippen molar-refractivity contribution in [3.63, 3.8) is 0 Å². The van der Waals surface area contributed by atoms with Crippen LogP contribution in [0.2, 0.25) is 0 Å². The Balaban J connectivity index is 4.44. The number of hydrogen-bond donors (Lipinski definition) is 0. The van der Waals surface area contributed by atoms with E-state index in [0.717, 1.165) is 0 Å². The quantitative estimate of drug-likeness (QED) is 0.588. The number of rotatable bonds is 9. The van der Waals surface area contributed by atoms with Gasteiger partial charge in [0.1, 0.15) is 0 Å². The van der Waals surface area contributed by atoms with Gasteiger partial charge in [-0.3, -0.25) is 0 Å². The Labute approximate surface area is 98.3 Å². The summed E-state index contributed by atoms with van der Waals surface area (Å²) in [5.74, 6) is 0.0465. The zero-order valence-electron chi connectivity index (χ0n) is 9.89. The lowest BCUT2D eigenvalue weighted by Crippen LogP contribution is -2.25. The molecule has 1 atom stereocenters. The highest BCUT2D eigenvalue weighted by atomic mass is 32.3. The molecule has 0 aliphatic heterocycles. The van der Waals surface area contributed by atoms with Gasteiger partial charge in [-0.25, -0.2) is 8.37 Å². The molecule has 16 heavy (non-hydrogen) atoms. The van der Waals surface area contributed by atoms with E-state index >= 15 is 0 Å². The minimum atomic E-state index is -3.88. The molecule has 0 bridgehead atoms. The Bertz CT molecular complexity index is 298. The van der Waals surface area contributed by atoms with Crippen molar-refractivity contribution in [2.24, 2.45) is 5.92 Å². The van der Waals surface area contributed by atoms with Crippen molar-refractivity contribution >= 4 is 10.4 Å². The molecule has 1 unspecified atom stereocenters. The maximum atomic E-state index is 11.3. The second-order valence-electron chi connectivity index (χ2n) is 3.42. The van der Waals surface area contributed by atoms with Crippen molar-refractivity contribution < 1.29 is 16.8 Å². The molecule has 0 aliphatic carbocycles. The zero-order chi connectivity index (χ0) is 12.6. The third kappa shape index (κ3) is 6.05. The van der Waals surface area contributed by atoms with Crippen molar-refractivity contribution in [2.45, 2.75) is 32.8 Å². The Hall–Kier alpha value is -0.650. The largest absolute Gasteiger partial charge is 0.400 e. The van der Waals surface area contributed by atoms with Crippen LogP contribution in [0.5, 0.6) is 0 Å². The van der Waals surface area contributed by atoms with Crippen LogP contribution < -0.4 is 0 Å². The van der Waals surface area contributed by atoms with E-state index < -0.39 is 16.5 Å². The lowest BCUT2D eigenvalue weighted by Gasteiger charge is -2.20. The summed E-state index contributed by atoms with van der Waals surface area (Å²) < 4.78 is 31.9. The number of hydrogen-bond acceptors (Lipinski definition) is 4. The third-order valence-corrected chi connectivity index (χ3v) is 3.20. The van der Waals surface area contributed by atoms with Gasteiger partial charge in [0, 0.05) is 0 Å². The van der Waals surface area contributed by atoms with Crippen molar-refractivity contribution in [1.29, 1.82) is 0 Å². The van der Waals surface area contributed by atoms with E-state index in [2.05, 4.69) is 17.3 Å². The summed E-state index contributed by atoms with van der Waals surface area (Å²) in [6, 6.07) is 0. The molecule has 0 rings (SSSR count). The van der Waals surface area contributed by atoms with Gasteiger partial charge in [-0.1, -0.05) is 12.2 Å². The van der Waals surface area contributed by atoms with Crippen LogP contribution in [-0.2, 0) is 18.8 Å². The molecule has 0 spiro atoms. The van der Waals surface area contributed by atoms with Gasteiger partial charge >= 0.3 is 10.4 Å². The second kappa shape index (κ2) is 7.60. The van der Waals surface area contributed by atoms with Gasteiger partial charge in [0.2, 0.25) is 0 Å². The van der Waals surface area contributed by atoms with E-state index in [9.17, 15) is 8.42 Å². The highest BCUT2D eigenvalue weighted by molar-refractivity contribution is 7.81. The van der Waals surface area contributed by atoms with Crippen LogP contribution in [0, 0.1) is 5.92 Å². The predicted octanol–water partition coefficient (Wildman–Crippen LogP) is 2.44. The Morgan fingerprint density at radius 3 is 2.12 bits per heavy atom. The fourth-order valence-corrected chi connectivity index (χ4v) is 2.22. The summed E-state index contributed by atoms with van der Waals surface area (Å²) in [4.78, 5) is 0. The molecule has 4 nitrogen and oxygen atoms in total. The van der Waals surface area contributed by atoms with Crippen LogP contribution in [0.1, 0.15) is 26.7 Å². The van der Waals surface area contributed by atoms with Crippen LogP contribution in [0.4, 0.5) is 0 Å². The molecule has 0 aromatic heterocycles. The van der Waals surface area contributed by atoms with Crippen molar-refractivity contribution in [3.05, 3.63) is 25.3 Å². The predicted molar refractivity (Wildman–Crippen MR) is 64.2 cm³/mol. The van der Waals surface area contributed by atoms with Crippen molar-refractivity contribution in [3.8, 4) is 0 Å². The van der Waals surface area contributed by atoms with Gasteiger partial charge in [-0.15, -0.1) is 13.2 Å². The highest BCUT2D eigenvalue weighted by Gasteiger charge is 2.22. The average Bonchev–Trinajstić information content (AvgIpc) is 2.16. The molecule has 0 radical (unpaired) electrons. The Morgan fingerprint density at radius 1 is 1.25 bits per heavy atom. The van der Waals surface area contributed by atoms with Crippen LogP contribution in [0.15, 0.2) is 25.3 Å². The molecule has 0 fully saturated rings. The lowest BCUT2D eigenvalue weighted by molar-refractivity contribution is 0.126. The summed E-state index contributed by atoms with van der Waals surface area (Å²) in [5, 5.41) is 0. The normalized spacial score (nSPS) is 13.7. The van der Waals surface area contributed by atoms with Gasteiger partial charge in [-0.2, -0.15) is 8.42 Å². The molecule has 0 N–H and O–H groups in total. The van der Waals surface area contributed by atoms with Gasteiger partial charge in [0.25, 0.3) is 0 Å². The summed E-state index contributed by atoms with van der Waals surface area (Å²) in [6.07, 6.45) is 4.37. The molecule has 0 amide bonds. The minimum absolute atomic E-state index is 0.0465. The van der Waals surface area contributed by atoms with Crippen molar-refractivity contribution in [2.75, 3.05) is 6.61 Å². The van der Waals surface area contributed by atoms with E-state index in [4.69, 9.17) is 4.18 Å². The molecule has 94 valence electrons. The van der Waals surface area contributed by atoms with Gasteiger partial charge < -0.3 is 0 Å². The van der Waals surface area contributed by atoms with E-state index in [1.165, 1.54) is 0 Å². The Kier molecular flexibility index (Phi) is 7.29. The maximum absolute atomic E-state index is 11.3. The molecule has 5 heteroatoms. The number of allylic oxidation sites excluding steroid dienone is 2. The molecular formula is C11H20O4S. The van der Waals surface area contributed by atoms with Crippen LogP contribution >= 0.6 is 0 Å². The van der Waals surface area contributed by atoms with E-state index in [1.54, 1.807) is 26.0 Å².